The molecule has 0 unspecified atom stereocenters. The van der Waals surface area contributed by atoms with Crippen molar-refractivity contribution in [2.45, 2.75) is 26.9 Å². The van der Waals surface area contributed by atoms with Crippen LogP contribution in [-0.4, -0.2) is 17.6 Å². The third kappa shape index (κ3) is 4.51. The van der Waals surface area contributed by atoms with Crippen LogP contribution < -0.4 is 10.1 Å². The van der Waals surface area contributed by atoms with Crippen molar-refractivity contribution in [1.29, 1.82) is 0 Å². The number of ether oxygens (including phenoxy) is 1. The zero-order valence-corrected chi connectivity index (χ0v) is 15.0. The number of carbonyl (C=O) groups excluding carboxylic acids is 1. The van der Waals surface area contributed by atoms with Crippen molar-refractivity contribution in [2.24, 2.45) is 0 Å². The number of nitrogens with zero attached hydrogens (tertiary/aromatic N) is 1. The highest BCUT2D eigenvalue weighted by Crippen LogP contribution is 2.15. The fourth-order valence-corrected chi connectivity index (χ4v) is 2.71. The van der Waals surface area contributed by atoms with Gasteiger partial charge in [0.25, 0.3) is 5.91 Å². The van der Waals surface area contributed by atoms with Crippen LogP contribution in [0, 0.1) is 13.8 Å². The maximum absolute atomic E-state index is 12.2. The molecule has 0 spiro atoms. The van der Waals surface area contributed by atoms with Crippen LogP contribution in [0.15, 0.2) is 59.1 Å². The quantitative estimate of drug-likeness (QED) is 0.703. The molecule has 0 fully saturated rings. The Morgan fingerprint density at radius 1 is 1.04 bits per heavy atom. The molecule has 0 radical (unpaired) electrons. The van der Waals surface area contributed by atoms with Crippen LogP contribution in [0.2, 0.25) is 0 Å². The molecule has 0 saturated carbocycles. The average Bonchev–Trinajstić information content (AvgIpc) is 3.00. The highest BCUT2D eigenvalue weighted by atomic mass is 16.5. The molecule has 5 nitrogen and oxygen atoms in total. The third-order valence-electron chi connectivity index (χ3n) is 4.13. The summed E-state index contributed by atoms with van der Waals surface area (Å²) in [6.45, 7) is 4.60. The Labute approximate surface area is 153 Å². The maximum atomic E-state index is 12.2. The zero-order chi connectivity index (χ0) is 18.4. The van der Waals surface area contributed by atoms with E-state index < -0.39 is 0 Å². The molecule has 1 aromatic heterocycles. The van der Waals surface area contributed by atoms with E-state index in [0.29, 0.717) is 30.2 Å². The molecule has 0 aliphatic rings. The van der Waals surface area contributed by atoms with Gasteiger partial charge in [-0.05, 0) is 43.5 Å². The second kappa shape index (κ2) is 8.34. The minimum absolute atomic E-state index is 0.149. The molecule has 0 aliphatic heterocycles. The van der Waals surface area contributed by atoms with Gasteiger partial charge in [0.05, 0.1) is 5.69 Å². The van der Waals surface area contributed by atoms with Crippen molar-refractivity contribution in [3.63, 3.8) is 0 Å². The van der Waals surface area contributed by atoms with E-state index in [1.165, 1.54) is 0 Å². The van der Waals surface area contributed by atoms with Crippen LogP contribution in [0.5, 0.6) is 5.75 Å². The number of nitrogens with one attached hydrogen (secondary N) is 1. The minimum Gasteiger partial charge on any atom is -0.489 e. The normalized spacial score (nSPS) is 10.5. The molecule has 0 atom stereocenters. The topological polar surface area (TPSA) is 64.4 Å². The van der Waals surface area contributed by atoms with E-state index in [2.05, 4.69) is 10.5 Å². The van der Waals surface area contributed by atoms with Gasteiger partial charge in [0.2, 0.25) is 0 Å². The van der Waals surface area contributed by atoms with Gasteiger partial charge in [-0.2, -0.15) is 0 Å². The third-order valence-corrected chi connectivity index (χ3v) is 4.13. The lowest BCUT2D eigenvalue weighted by Crippen LogP contribution is -2.26. The smallest absolute Gasteiger partial charge is 0.256 e. The zero-order valence-electron chi connectivity index (χ0n) is 15.0. The molecule has 26 heavy (non-hydrogen) atoms. The number of amides is 1. The molecular weight excluding hydrogens is 328 g/mol. The molecule has 0 aliphatic carbocycles. The van der Waals surface area contributed by atoms with E-state index in [0.717, 1.165) is 23.3 Å². The number of hydrogen-bond acceptors (Lipinski definition) is 4. The molecule has 2 aromatic carbocycles. The maximum Gasteiger partial charge on any atom is 0.256 e. The summed E-state index contributed by atoms with van der Waals surface area (Å²) in [6, 6.07) is 18.0. The monoisotopic (exact) mass is 350 g/mol. The van der Waals surface area contributed by atoms with Gasteiger partial charge >= 0.3 is 0 Å². The number of hydrogen-bond donors (Lipinski definition) is 1. The van der Waals surface area contributed by atoms with Crippen LogP contribution in [0.25, 0.3) is 0 Å². The number of carbonyl (C=O) groups is 1. The Hall–Kier alpha value is -3.08. The fourth-order valence-electron chi connectivity index (χ4n) is 2.71. The van der Waals surface area contributed by atoms with Gasteiger partial charge in [0, 0.05) is 6.54 Å². The fraction of sp³-hybridized carbons (Fsp3) is 0.238. The molecule has 1 heterocycles. The van der Waals surface area contributed by atoms with Crippen LogP contribution in [0.4, 0.5) is 0 Å². The predicted molar refractivity (Wildman–Crippen MR) is 99.2 cm³/mol. The van der Waals surface area contributed by atoms with Crippen molar-refractivity contribution >= 4 is 5.91 Å². The second-order valence-electron chi connectivity index (χ2n) is 6.12. The lowest BCUT2D eigenvalue weighted by molar-refractivity contribution is 0.0952. The van der Waals surface area contributed by atoms with Crippen molar-refractivity contribution in [1.82, 2.24) is 10.5 Å². The molecule has 0 saturated heterocycles. The van der Waals surface area contributed by atoms with Crippen molar-refractivity contribution in [3.8, 4) is 5.75 Å². The summed E-state index contributed by atoms with van der Waals surface area (Å²) in [4.78, 5) is 12.2. The van der Waals surface area contributed by atoms with Gasteiger partial charge in [-0.3, -0.25) is 4.79 Å². The second-order valence-corrected chi connectivity index (χ2v) is 6.12. The number of aryl methyl sites for hydroxylation is 2. The lowest BCUT2D eigenvalue weighted by atomic mass is 10.1. The molecule has 5 heteroatoms. The Morgan fingerprint density at radius 3 is 2.42 bits per heavy atom. The number of rotatable bonds is 7. The summed E-state index contributed by atoms with van der Waals surface area (Å²) in [6.07, 6.45) is 0.744. The van der Waals surface area contributed by atoms with E-state index in [-0.39, 0.29) is 5.91 Å². The van der Waals surface area contributed by atoms with Gasteiger partial charge in [0.1, 0.15) is 23.7 Å². The predicted octanol–water partition coefficient (Wildman–Crippen LogP) is 3.84. The van der Waals surface area contributed by atoms with Crippen LogP contribution in [0.1, 0.15) is 32.9 Å². The van der Waals surface area contributed by atoms with Gasteiger partial charge < -0.3 is 14.6 Å². The molecule has 3 aromatic rings. The Bertz CT molecular complexity index is 835. The molecule has 1 amide bonds. The number of aromatic nitrogens is 1. The van der Waals surface area contributed by atoms with Gasteiger partial charge in [-0.1, -0.05) is 47.6 Å². The van der Waals surface area contributed by atoms with E-state index in [9.17, 15) is 4.79 Å². The van der Waals surface area contributed by atoms with E-state index >= 15 is 0 Å². The SMILES string of the molecule is Cc1noc(C)c1C(=O)NCCc1ccc(OCc2ccccc2)cc1. The van der Waals surface area contributed by atoms with Crippen molar-refractivity contribution < 1.29 is 14.1 Å². The first kappa shape index (κ1) is 17.7. The van der Waals surface area contributed by atoms with Crippen molar-refractivity contribution in [3.05, 3.63) is 82.7 Å². The minimum atomic E-state index is -0.149. The van der Waals surface area contributed by atoms with Gasteiger partial charge in [-0.25, -0.2) is 0 Å². The summed E-state index contributed by atoms with van der Waals surface area (Å²) < 4.78 is 10.8. The molecule has 1 N–H and O–H groups in total. The van der Waals surface area contributed by atoms with Gasteiger partial charge in [0.15, 0.2) is 0 Å². The average molecular weight is 350 g/mol. The summed E-state index contributed by atoms with van der Waals surface area (Å²) in [5, 5.41) is 6.71. The van der Waals surface area contributed by atoms with Gasteiger partial charge in [-0.15, -0.1) is 0 Å². The molecule has 134 valence electrons. The van der Waals surface area contributed by atoms with Crippen LogP contribution in [-0.2, 0) is 13.0 Å². The van der Waals surface area contributed by atoms with E-state index in [4.69, 9.17) is 9.26 Å². The number of benzene rings is 2. The first-order valence-corrected chi connectivity index (χ1v) is 8.60. The summed E-state index contributed by atoms with van der Waals surface area (Å²) in [7, 11) is 0. The summed E-state index contributed by atoms with van der Waals surface area (Å²) in [5.41, 5.74) is 3.41. The Kier molecular flexibility index (Phi) is 5.69. The summed E-state index contributed by atoms with van der Waals surface area (Å²) in [5.74, 6) is 1.22. The van der Waals surface area contributed by atoms with E-state index in [1.807, 2.05) is 54.6 Å². The lowest BCUT2D eigenvalue weighted by Gasteiger charge is -2.08. The molecule has 0 bridgehead atoms. The standard InChI is InChI=1S/C21H22N2O3/c1-15-20(16(2)26-23-15)21(24)22-13-12-17-8-10-19(11-9-17)25-14-18-6-4-3-5-7-18/h3-11H,12-14H2,1-2H3,(H,22,24). The highest BCUT2D eigenvalue weighted by Gasteiger charge is 2.16. The molecule has 3 rings (SSSR count). The molecular formula is C21H22N2O3. The highest BCUT2D eigenvalue weighted by molar-refractivity contribution is 5.96. The first-order valence-electron chi connectivity index (χ1n) is 8.60. The van der Waals surface area contributed by atoms with E-state index in [1.54, 1.807) is 13.8 Å². The Balaban J connectivity index is 1.46. The summed E-state index contributed by atoms with van der Waals surface area (Å²) >= 11 is 0. The van der Waals surface area contributed by atoms with Crippen LogP contribution in [0.3, 0.4) is 0 Å². The largest absolute Gasteiger partial charge is 0.489 e. The van der Waals surface area contributed by atoms with Crippen LogP contribution >= 0.6 is 0 Å². The van der Waals surface area contributed by atoms with Crippen molar-refractivity contribution in [2.75, 3.05) is 6.54 Å². The first-order chi connectivity index (χ1) is 12.6. The Morgan fingerprint density at radius 2 is 1.77 bits per heavy atom.